The molecule has 1 heterocycles. The van der Waals surface area contributed by atoms with Crippen LogP contribution >= 0.6 is 0 Å². The summed E-state index contributed by atoms with van der Waals surface area (Å²) in [7, 11) is 0. The van der Waals surface area contributed by atoms with Crippen molar-refractivity contribution in [1.82, 2.24) is 9.97 Å². The van der Waals surface area contributed by atoms with Crippen LogP contribution in [0.4, 0.5) is 5.82 Å². The average Bonchev–Trinajstić information content (AvgIpc) is 3.16. The zero-order valence-corrected chi connectivity index (χ0v) is 19.4. The lowest BCUT2D eigenvalue weighted by Crippen LogP contribution is -2.15. The summed E-state index contributed by atoms with van der Waals surface area (Å²) in [5, 5.41) is 2.98. The topological polar surface area (TPSA) is 54.9 Å². The molecular weight excluding hydrogens is 406 g/mol. The van der Waals surface area contributed by atoms with Crippen molar-refractivity contribution in [2.75, 3.05) is 5.32 Å². The molecule has 33 heavy (non-hydrogen) atoms. The minimum Gasteiger partial charge on any atom is -0.309 e. The van der Waals surface area contributed by atoms with Crippen LogP contribution in [-0.2, 0) is 11.2 Å². The predicted molar refractivity (Wildman–Crippen MR) is 138 cm³/mol. The fourth-order valence-electron chi connectivity index (χ4n) is 3.46. The number of carbonyl (C=O) groups excluding carboxylic acids is 1. The van der Waals surface area contributed by atoms with Crippen LogP contribution in [0.2, 0.25) is 0 Å². The van der Waals surface area contributed by atoms with Crippen LogP contribution in [0.5, 0.6) is 0 Å². The van der Waals surface area contributed by atoms with E-state index in [0.717, 1.165) is 36.1 Å². The van der Waals surface area contributed by atoms with Crippen molar-refractivity contribution in [2.24, 2.45) is 0 Å². The Hall–Kier alpha value is -3.79. The summed E-state index contributed by atoms with van der Waals surface area (Å²) in [5.74, 6) is 0.447. The number of aryl methyl sites for hydroxylation is 1. The van der Waals surface area contributed by atoms with Gasteiger partial charge in [0.2, 0.25) is 5.91 Å². The Morgan fingerprint density at radius 1 is 0.970 bits per heavy atom. The standard InChI is InChI=1S/C27H25N3O.C2H6/c31-25(19-11-14-21-12-5-3-6-13-21)30-27-26(23-17-7-1-2-8-18-23)29-24(20-28-27)22-15-9-4-10-16-22;1-2/h1,3-10,12-13,15-18,20H,2,11,14,19H2,(H,28,30,31);1-2H3. The third-order valence-electron chi connectivity index (χ3n) is 5.07. The Labute approximate surface area is 196 Å². The highest BCUT2D eigenvalue weighted by Gasteiger charge is 2.15. The van der Waals surface area contributed by atoms with Crippen molar-refractivity contribution >= 4 is 17.3 Å². The third-order valence-corrected chi connectivity index (χ3v) is 5.07. The zero-order chi connectivity index (χ0) is 23.3. The number of anilines is 1. The molecule has 0 aliphatic heterocycles. The lowest BCUT2D eigenvalue weighted by molar-refractivity contribution is -0.116. The van der Waals surface area contributed by atoms with Gasteiger partial charge in [0.15, 0.2) is 5.82 Å². The van der Waals surface area contributed by atoms with Crippen LogP contribution < -0.4 is 5.32 Å². The maximum atomic E-state index is 12.6. The molecule has 1 amide bonds. The second-order valence-electron chi connectivity index (χ2n) is 7.39. The van der Waals surface area contributed by atoms with Crippen molar-refractivity contribution in [3.05, 3.63) is 108 Å². The van der Waals surface area contributed by atoms with Crippen LogP contribution in [0, 0.1) is 0 Å². The van der Waals surface area contributed by atoms with E-state index in [0.29, 0.717) is 17.9 Å². The van der Waals surface area contributed by atoms with Crippen LogP contribution in [0.1, 0.15) is 44.4 Å². The molecule has 0 unspecified atom stereocenters. The number of rotatable bonds is 7. The predicted octanol–water partition coefficient (Wildman–Crippen LogP) is 7.03. The number of nitrogens with one attached hydrogen (secondary N) is 1. The third kappa shape index (κ3) is 7.11. The van der Waals surface area contributed by atoms with Crippen LogP contribution in [-0.4, -0.2) is 15.9 Å². The molecule has 1 aliphatic carbocycles. The first-order valence-electron chi connectivity index (χ1n) is 11.6. The normalized spacial score (nSPS) is 12.2. The zero-order valence-electron chi connectivity index (χ0n) is 19.4. The molecule has 0 saturated heterocycles. The molecule has 0 atom stereocenters. The van der Waals surface area contributed by atoms with E-state index in [9.17, 15) is 4.79 Å². The molecule has 168 valence electrons. The minimum absolute atomic E-state index is 0.0484. The molecule has 4 nitrogen and oxygen atoms in total. The molecule has 0 spiro atoms. The van der Waals surface area contributed by atoms with Crippen molar-refractivity contribution in [1.29, 1.82) is 0 Å². The molecule has 4 rings (SSSR count). The van der Waals surface area contributed by atoms with E-state index in [1.54, 1.807) is 6.20 Å². The first-order chi connectivity index (χ1) is 16.3. The van der Waals surface area contributed by atoms with Crippen LogP contribution in [0.25, 0.3) is 16.8 Å². The van der Waals surface area contributed by atoms with Crippen LogP contribution in [0.15, 0.2) is 97.2 Å². The van der Waals surface area contributed by atoms with Gasteiger partial charge in [0.1, 0.15) is 5.69 Å². The van der Waals surface area contributed by atoms with Crippen molar-refractivity contribution in [3.63, 3.8) is 0 Å². The van der Waals surface area contributed by atoms with Gasteiger partial charge in [-0.05, 0) is 24.8 Å². The number of hydrogen-bond donors (Lipinski definition) is 1. The number of allylic oxidation sites excluding steroid dienone is 6. The SMILES string of the molecule is CC.O=C(CCCc1ccccc1)Nc1ncc(-c2ccccc2)nc1C1=CC=CCC=C1. The fraction of sp³-hybridized carbons (Fsp3) is 0.207. The highest BCUT2D eigenvalue weighted by Crippen LogP contribution is 2.26. The van der Waals surface area contributed by atoms with E-state index in [1.807, 2.05) is 80.6 Å². The molecule has 2 aromatic carbocycles. The van der Waals surface area contributed by atoms with Gasteiger partial charge in [-0.15, -0.1) is 0 Å². The Balaban J connectivity index is 0.00000149. The van der Waals surface area contributed by atoms with Gasteiger partial charge in [-0.25, -0.2) is 9.97 Å². The average molecular weight is 438 g/mol. The number of benzene rings is 2. The summed E-state index contributed by atoms with van der Waals surface area (Å²) in [6, 6.07) is 20.2. The van der Waals surface area contributed by atoms with Gasteiger partial charge in [-0.1, -0.05) is 105 Å². The number of carbonyl (C=O) groups is 1. The quantitative estimate of drug-likeness (QED) is 0.432. The smallest absolute Gasteiger partial charge is 0.225 e. The number of amides is 1. The van der Waals surface area contributed by atoms with Gasteiger partial charge in [0.25, 0.3) is 0 Å². The maximum absolute atomic E-state index is 12.6. The second-order valence-corrected chi connectivity index (χ2v) is 7.39. The first-order valence-corrected chi connectivity index (χ1v) is 11.6. The van der Waals surface area contributed by atoms with E-state index < -0.39 is 0 Å². The molecular formula is C29H31N3O. The number of hydrogen-bond acceptors (Lipinski definition) is 3. The van der Waals surface area contributed by atoms with E-state index in [-0.39, 0.29) is 5.91 Å². The van der Waals surface area contributed by atoms with Gasteiger partial charge in [0.05, 0.1) is 11.9 Å². The molecule has 0 bridgehead atoms. The molecule has 1 aromatic heterocycles. The Morgan fingerprint density at radius 3 is 2.45 bits per heavy atom. The number of nitrogens with zero attached hydrogens (tertiary/aromatic N) is 2. The summed E-state index contributed by atoms with van der Waals surface area (Å²) >= 11 is 0. The van der Waals surface area contributed by atoms with Gasteiger partial charge < -0.3 is 5.32 Å². The summed E-state index contributed by atoms with van der Waals surface area (Å²) in [4.78, 5) is 22.1. The van der Waals surface area contributed by atoms with Gasteiger partial charge in [-0.2, -0.15) is 0 Å². The summed E-state index contributed by atoms with van der Waals surface area (Å²) in [6.07, 6.45) is 14.9. The van der Waals surface area contributed by atoms with Gasteiger partial charge >= 0.3 is 0 Å². The largest absolute Gasteiger partial charge is 0.309 e. The molecule has 1 aliphatic rings. The van der Waals surface area contributed by atoms with E-state index in [2.05, 4.69) is 34.6 Å². The van der Waals surface area contributed by atoms with Crippen molar-refractivity contribution < 1.29 is 4.79 Å². The lowest BCUT2D eigenvalue weighted by Gasteiger charge is -2.12. The fourth-order valence-corrected chi connectivity index (χ4v) is 3.46. The Bertz CT molecular complexity index is 1120. The molecule has 0 fully saturated rings. The highest BCUT2D eigenvalue weighted by atomic mass is 16.1. The van der Waals surface area contributed by atoms with Gasteiger partial charge in [0, 0.05) is 17.6 Å². The summed E-state index contributed by atoms with van der Waals surface area (Å²) in [5.41, 5.74) is 4.62. The van der Waals surface area contributed by atoms with Gasteiger partial charge in [-0.3, -0.25) is 4.79 Å². The molecule has 1 N–H and O–H groups in total. The maximum Gasteiger partial charge on any atom is 0.225 e. The van der Waals surface area contributed by atoms with Crippen LogP contribution in [0.3, 0.4) is 0 Å². The van der Waals surface area contributed by atoms with E-state index in [1.165, 1.54) is 5.56 Å². The van der Waals surface area contributed by atoms with E-state index >= 15 is 0 Å². The molecule has 4 heteroatoms. The van der Waals surface area contributed by atoms with E-state index in [4.69, 9.17) is 4.98 Å². The molecule has 3 aromatic rings. The first kappa shape index (κ1) is 23.9. The molecule has 0 saturated carbocycles. The highest BCUT2D eigenvalue weighted by molar-refractivity contribution is 5.93. The molecule has 0 radical (unpaired) electrons. The second kappa shape index (κ2) is 12.9. The Kier molecular flexibility index (Phi) is 9.34. The summed E-state index contributed by atoms with van der Waals surface area (Å²) < 4.78 is 0. The summed E-state index contributed by atoms with van der Waals surface area (Å²) in [6.45, 7) is 4.00. The van der Waals surface area contributed by atoms with Crippen molar-refractivity contribution in [2.45, 2.75) is 39.5 Å². The lowest BCUT2D eigenvalue weighted by atomic mass is 10.1. The monoisotopic (exact) mass is 437 g/mol. The number of aromatic nitrogens is 2. The van der Waals surface area contributed by atoms with Crippen molar-refractivity contribution in [3.8, 4) is 11.3 Å². The Morgan fingerprint density at radius 2 is 1.70 bits per heavy atom. The minimum atomic E-state index is -0.0484.